The summed E-state index contributed by atoms with van der Waals surface area (Å²) in [6.45, 7) is 4.87. The van der Waals surface area contributed by atoms with E-state index in [4.69, 9.17) is 4.74 Å². The van der Waals surface area contributed by atoms with Crippen molar-refractivity contribution in [2.45, 2.75) is 40.0 Å². The molecule has 0 saturated carbocycles. The number of ketones is 1. The Labute approximate surface area is 175 Å². The first-order valence-electron chi connectivity index (χ1n) is 9.69. The third-order valence-electron chi connectivity index (χ3n) is 4.47. The second kappa shape index (κ2) is 10.9. The fourth-order valence-electron chi connectivity index (χ4n) is 2.81. The molecular formula is C23H26N2O5. The third-order valence-corrected chi connectivity index (χ3v) is 4.47. The van der Waals surface area contributed by atoms with E-state index in [0.717, 1.165) is 11.1 Å². The highest BCUT2D eigenvalue weighted by molar-refractivity contribution is 5.96. The second-order valence-electron chi connectivity index (χ2n) is 7.01. The molecule has 0 bridgehead atoms. The van der Waals surface area contributed by atoms with Gasteiger partial charge in [0.1, 0.15) is 0 Å². The SMILES string of the molecule is CC(=O)c1ccc(NC(=O)CCCC(=O)OCC(=O)Nc2c(C)cccc2C)cc1. The minimum Gasteiger partial charge on any atom is -0.456 e. The molecule has 7 heteroatoms. The molecule has 0 spiro atoms. The van der Waals surface area contributed by atoms with Crippen LogP contribution < -0.4 is 10.6 Å². The van der Waals surface area contributed by atoms with Crippen LogP contribution in [0, 0.1) is 13.8 Å². The van der Waals surface area contributed by atoms with Crippen LogP contribution in [0.15, 0.2) is 42.5 Å². The van der Waals surface area contributed by atoms with Crippen LogP contribution in [0.4, 0.5) is 11.4 Å². The van der Waals surface area contributed by atoms with Gasteiger partial charge in [0.25, 0.3) is 5.91 Å². The quantitative estimate of drug-likeness (QED) is 0.484. The van der Waals surface area contributed by atoms with Crippen LogP contribution in [-0.4, -0.2) is 30.2 Å². The molecule has 0 fully saturated rings. The van der Waals surface area contributed by atoms with Gasteiger partial charge in [0.15, 0.2) is 12.4 Å². The van der Waals surface area contributed by atoms with E-state index < -0.39 is 11.9 Å². The lowest BCUT2D eigenvalue weighted by Crippen LogP contribution is -2.22. The fourth-order valence-corrected chi connectivity index (χ4v) is 2.81. The number of anilines is 2. The highest BCUT2D eigenvalue weighted by Gasteiger charge is 2.11. The first-order valence-corrected chi connectivity index (χ1v) is 9.69. The van der Waals surface area contributed by atoms with Gasteiger partial charge in [0, 0.05) is 29.8 Å². The molecule has 0 radical (unpaired) electrons. The molecule has 2 aromatic rings. The molecule has 2 rings (SSSR count). The maximum atomic E-state index is 12.0. The largest absolute Gasteiger partial charge is 0.456 e. The number of carbonyl (C=O) groups is 4. The Bertz CT molecular complexity index is 915. The maximum Gasteiger partial charge on any atom is 0.306 e. The average molecular weight is 410 g/mol. The van der Waals surface area contributed by atoms with Crippen LogP contribution >= 0.6 is 0 Å². The predicted octanol–water partition coefficient (Wildman–Crippen LogP) is 3.80. The summed E-state index contributed by atoms with van der Waals surface area (Å²) in [7, 11) is 0. The van der Waals surface area contributed by atoms with Gasteiger partial charge in [-0.1, -0.05) is 18.2 Å². The van der Waals surface area contributed by atoms with E-state index in [2.05, 4.69) is 10.6 Å². The topological polar surface area (TPSA) is 102 Å². The van der Waals surface area contributed by atoms with Gasteiger partial charge in [0.05, 0.1) is 0 Å². The Morgan fingerprint density at radius 1 is 0.833 bits per heavy atom. The highest BCUT2D eigenvalue weighted by Crippen LogP contribution is 2.19. The average Bonchev–Trinajstić information content (AvgIpc) is 2.69. The van der Waals surface area contributed by atoms with Gasteiger partial charge >= 0.3 is 5.97 Å². The van der Waals surface area contributed by atoms with Crippen molar-refractivity contribution in [3.8, 4) is 0 Å². The molecular weight excluding hydrogens is 384 g/mol. The summed E-state index contributed by atoms with van der Waals surface area (Å²) in [5.41, 5.74) is 3.72. The summed E-state index contributed by atoms with van der Waals surface area (Å²) in [6.07, 6.45) is 0.472. The van der Waals surface area contributed by atoms with Gasteiger partial charge in [-0.2, -0.15) is 0 Å². The van der Waals surface area contributed by atoms with E-state index in [9.17, 15) is 19.2 Å². The van der Waals surface area contributed by atoms with Crippen molar-refractivity contribution in [1.29, 1.82) is 0 Å². The van der Waals surface area contributed by atoms with Gasteiger partial charge in [-0.3, -0.25) is 19.2 Å². The number of hydrogen-bond donors (Lipinski definition) is 2. The van der Waals surface area contributed by atoms with Gasteiger partial charge < -0.3 is 15.4 Å². The van der Waals surface area contributed by atoms with Crippen molar-refractivity contribution in [3.05, 3.63) is 59.2 Å². The number of ether oxygens (including phenoxy) is 1. The summed E-state index contributed by atoms with van der Waals surface area (Å²) in [4.78, 5) is 47.0. The molecule has 0 atom stereocenters. The number of rotatable bonds is 9. The lowest BCUT2D eigenvalue weighted by atomic mass is 10.1. The van der Waals surface area contributed by atoms with Crippen molar-refractivity contribution in [2.75, 3.05) is 17.2 Å². The Kier molecular flexibility index (Phi) is 8.29. The lowest BCUT2D eigenvalue weighted by Gasteiger charge is -2.11. The minimum absolute atomic E-state index is 0.0351. The van der Waals surface area contributed by atoms with Crippen molar-refractivity contribution >= 4 is 34.9 Å². The second-order valence-corrected chi connectivity index (χ2v) is 7.01. The van der Waals surface area contributed by atoms with Crippen LogP contribution in [-0.2, 0) is 19.1 Å². The predicted molar refractivity (Wildman–Crippen MR) is 114 cm³/mol. The number of benzene rings is 2. The number of carbonyl (C=O) groups excluding carboxylic acids is 4. The van der Waals surface area contributed by atoms with E-state index in [1.165, 1.54) is 6.92 Å². The van der Waals surface area contributed by atoms with Crippen LogP contribution in [0.3, 0.4) is 0 Å². The van der Waals surface area contributed by atoms with Crippen molar-refractivity contribution in [3.63, 3.8) is 0 Å². The highest BCUT2D eigenvalue weighted by atomic mass is 16.5. The van der Waals surface area contributed by atoms with E-state index in [-0.39, 0.29) is 31.1 Å². The van der Waals surface area contributed by atoms with Crippen LogP contribution in [0.5, 0.6) is 0 Å². The van der Waals surface area contributed by atoms with Crippen LogP contribution in [0.2, 0.25) is 0 Å². The van der Waals surface area contributed by atoms with Crippen LogP contribution in [0.1, 0.15) is 47.7 Å². The van der Waals surface area contributed by atoms with E-state index in [0.29, 0.717) is 23.4 Å². The monoisotopic (exact) mass is 410 g/mol. The number of esters is 1. The molecule has 30 heavy (non-hydrogen) atoms. The van der Waals surface area contributed by atoms with E-state index in [1.54, 1.807) is 24.3 Å². The standard InChI is InChI=1S/C23H26N2O5/c1-15-6-4-7-16(2)23(15)25-21(28)14-30-22(29)9-5-8-20(27)24-19-12-10-18(11-13-19)17(3)26/h4,6-7,10-13H,5,8-9,14H2,1-3H3,(H,24,27)(H,25,28). The molecule has 2 amide bonds. The molecule has 0 unspecified atom stereocenters. The summed E-state index contributed by atoms with van der Waals surface area (Å²) < 4.78 is 4.98. The van der Waals surface area contributed by atoms with Crippen LogP contribution in [0.25, 0.3) is 0 Å². The Balaban J connectivity index is 1.67. The molecule has 7 nitrogen and oxygen atoms in total. The third kappa shape index (κ3) is 7.16. The van der Waals surface area contributed by atoms with Gasteiger partial charge in [0.2, 0.25) is 5.91 Å². The van der Waals surface area contributed by atoms with E-state index >= 15 is 0 Å². The number of aryl methyl sites for hydroxylation is 2. The van der Waals surface area contributed by atoms with Crippen molar-refractivity contribution in [1.82, 2.24) is 0 Å². The molecule has 0 aromatic heterocycles. The minimum atomic E-state index is -0.537. The first-order chi connectivity index (χ1) is 14.3. The summed E-state index contributed by atoms with van der Waals surface area (Å²) >= 11 is 0. The van der Waals surface area contributed by atoms with Crippen molar-refractivity contribution < 1.29 is 23.9 Å². The number of Topliss-reactive ketones (excluding diaryl/α,β-unsaturated/α-hetero) is 1. The fraction of sp³-hybridized carbons (Fsp3) is 0.304. The summed E-state index contributed by atoms with van der Waals surface area (Å²) in [6, 6.07) is 12.2. The normalized spacial score (nSPS) is 10.2. The molecule has 0 aliphatic carbocycles. The summed E-state index contributed by atoms with van der Waals surface area (Å²) in [5, 5.41) is 5.45. The zero-order chi connectivity index (χ0) is 22.1. The molecule has 0 heterocycles. The molecule has 0 aliphatic heterocycles. The van der Waals surface area contributed by atoms with Gasteiger partial charge in [-0.15, -0.1) is 0 Å². The lowest BCUT2D eigenvalue weighted by molar-refractivity contribution is -0.147. The number of amides is 2. The molecule has 158 valence electrons. The molecule has 0 saturated heterocycles. The number of para-hydroxylation sites is 1. The van der Waals surface area contributed by atoms with Crippen molar-refractivity contribution in [2.24, 2.45) is 0 Å². The Morgan fingerprint density at radius 2 is 1.47 bits per heavy atom. The van der Waals surface area contributed by atoms with Gasteiger partial charge in [-0.05, 0) is 62.6 Å². The molecule has 2 N–H and O–H groups in total. The summed E-state index contributed by atoms with van der Waals surface area (Å²) in [5.74, 6) is -1.24. The van der Waals surface area contributed by atoms with Gasteiger partial charge in [-0.25, -0.2) is 0 Å². The smallest absolute Gasteiger partial charge is 0.306 e. The zero-order valence-corrected chi connectivity index (χ0v) is 17.4. The number of hydrogen-bond acceptors (Lipinski definition) is 5. The zero-order valence-electron chi connectivity index (χ0n) is 17.4. The Morgan fingerprint density at radius 3 is 2.07 bits per heavy atom. The first kappa shape index (κ1) is 22.8. The molecule has 0 aliphatic rings. The Hall–Kier alpha value is -3.48. The molecule has 2 aromatic carbocycles. The maximum absolute atomic E-state index is 12.0. The number of nitrogens with one attached hydrogen (secondary N) is 2. The van der Waals surface area contributed by atoms with E-state index in [1.807, 2.05) is 32.0 Å².